The highest BCUT2D eigenvalue weighted by Gasteiger charge is 2.44. The predicted molar refractivity (Wildman–Crippen MR) is 123 cm³/mol. The number of benzene rings is 2. The van der Waals surface area contributed by atoms with E-state index in [0.29, 0.717) is 31.6 Å². The van der Waals surface area contributed by atoms with Crippen LogP contribution in [0.2, 0.25) is 0 Å². The molecule has 1 atom stereocenters. The Labute approximate surface area is 200 Å². The number of fused-ring (bicyclic) bond motifs is 1. The van der Waals surface area contributed by atoms with E-state index in [1.54, 1.807) is 9.58 Å². The molecule has 0 bridgehead atoms. The first kappa shape index (κ1) is 23.1. The average molecular weight is 483 g/mol. The van der Waals surface area contributed by atoms with E-state index in [1.807, 2.05) is 49.1 Å². The summed E-state index contributed by atoms with van der Waals surface area (Å²) in [5.41, 5.74) is 2.31. The van der Waals surface area contributed by atoms with Crippen molar-refractivity contribution in [2.45, 2.75) is 44.9 Å². The van der Waals surface area contributed by atoms with Gasteiger partial charge in [-0.25, -0.2) is 4.68 Å². The molecule has 3 aromatic rings. The van der Waals surface area contributed by atoms with Crippen molar-refractivity contribution < 1.29 is 22.8 Å². The predicted octanol–water partition coefficient (Wildman–Crippen LogP) is 5.02. The fraction of sp³-hybridized carbons (Fsp3) is 0.346. The molecule has 0 N–H and O–H groups in total. The molecule has 5 rings (SSSR count). The van der Waals surface area contributed by atoms with Crippen LogP contribution in [0.1, 0.15) is 63.5 Å². The largest absolute Gasteiger partial charge is 0.416 e. The van der Waals surface area contributed by atoms with E-state index in [4.69, 9.17) is 0 Å². The number of aromatic nitrogens is 2. The minimum Gasteiger partial charge on any atom is -0.338 e. The molecule has 1 saturated heterocycles. The minimum atomic E-state index is -4.50. The fourth-order valence-electron chi connectivity index (χ4n) is 5.28. The molecule has 2 amide bonds. The van der Waals surface area contributed by atoms with Gasteiger partial charge in [0.15, 0.2) is 0 Å². The summed E-state index contributed by atoms with van der Waals surface area (Å²) >= 11 is 0. The number of halogens is 3. The van der Waals surface area contributed by atoms with E-state index in [0.717, 1.165) is 29.1 Å². The molecule has 1 aromatic heterocycles. The van der Waals surface area contributed by atoms with Crippen molar-refractivity contribution in [2.24, 2.45) is 0 Å². The maximum absolute atomic E-state index is 13.6. The van der Waals surface area contributed by atoms with E-state index in [2.05, 4.69) is 5.10 Å². The Morgan fingerprint density at radius 2 is 1.71 bits per heavy atom. The van der Waals surface area contributed by atoms with Crippen molar-refractivity contribution >= 4 is 11.8 Å². The summed E-state index contributed by atoms with van der Waals surface area (Å²) in [6, 6.07) is 13.8. The number of likely N-dealkylation sites (tertiary alicyclic amines) is 1. The SMILES string of the molecule is Cc1nn(-c2ccccc2)c2c1C(C)N(C1CCN(C(=O)c3cccc(C(F)(F)F)c3)CC1)C2=O. The molecule has 0 aliphatic carbocycles. The zero-order valence-corrected chi connectivity index (χ0v) is 19.4. The van der Waals surface area contributed by atoms with Gasteiger partial charge in [0.05, 0.1) is 23.0 Å². The molecule has 9 heteroatoms. The number of nitrogens with zero attached hydrogens (tertiary/aromatic N) is 4. The van der Waals surface area contributed by atoms with Crippen LogP contribution in [0.15, 0.2) is 54.6 Å². The highest BCUT2D eigenvalue weighted by Crippen LogP contribution is 2.40. The molecule has 0 spiro atoms. The second kappa shape index (κ2) is 8.55. The second-order valence-corrected chi connectivity index (χ2v) is 9.09. The Morgan fingerprint density at radius 1 is 1.03 bits per heavy atom. The molecule has 2 aliphatic rings. The Kier molecular flexibility index (Phi) is 5.65. The summed E-state index contributed by atoms with van der Waals surface area (Å²) < 4.78 is 40.9. The number of hydrogen-bond donors (Lipinski definition) is 0. The lowest BCUT2D eigenvalue weighted by molar-refractivity contribution is -0.137. The lowest BCUT2D eigenvalue weighted by Gasteiger charge is -2.39. The molecule has 1 fully saturated rings. The molecule has 2 aromatic carbocycles. The Morgan fingerprint density at radius 3 is 2.37 bits per heavy atom. The first-order valence-corrected chi connectivity index (χ1v) is 11.6. The van der Waals surface area contributed by atoms with Crippen molar-refractivity contribution in [3.63, 3.8) is 0 Å². The number of hydrogen-bond acceptors (Lipinski definition) is 3. The van der Waals surface area contributed by atoms with Crippen molar-refractivity contribution in [3.05, 3.63) is 82.7 Å². The molecule has 6 nitrogen and oxygen atoms in total. The third kappa shape index (κ3) is 3.98. The first-order valence-electron chi connectivity index (χ1n) is 11.6. The molecule has 1 unspecified atom stereocenters. The van der Waals surface area contributed by atoms with Gasteiger partial charge in [-0.05, 0) is 57.0 Å². The lowest BCUT2D eigenvalue weighted by Crippen LogP contribution is -2.48. The highest BCUT2D eigenvalue weighted by atomic mass is 19.4. The van der Waals surface area contributed by atoms with E-state index < -0.39 is 17.6 Å². The van der Waals surface area contributed by atoms with E-state index >= 15 is 0 Å². The van der Waals surface area contributed by atoms with Crippen LogP contribution in [0, 0.1) is 6.92 Å². The fourth-order valence-corrected chi connectivity index (χ4v) is 5.28. The minimum absolute atomic E-state index is 0.0230. The molecule has 35 heavy (non-hydrogen) atoms. The molecule has 3 heterocycles. The highest BCUT2D eigenvalue weighted by molar-refractivity contribution is 5.99. The van der Waals surface area contributed by atoms with E-state index in [1.165, 1.54) is 12.1 Å². The third-order valence-corrected chi connectivity index (χ3v) is 6.96. The Hall–Kier alpha value is -3.62. The van der Waals surface area contributed by atoms with Crippen LogP contribution >= 0.6 is 0 Å². The van der Waals surface area contributed by atoms with Gasteiger partial charge >= 0.3 is 6.18 Å². The molecule has 182 valence electrons. The molecule has 0 saturated carbocycles. The van der Waals surface area contributed by atoms with Gasteiger partial charge in [-0.2, -0.15) is 18.3 Å². The average Bonchev–Trinajstić information content (AvgIpc) is 3.34. The zero-order chi connectivity index (χ0) is 24.9. The van der Waals surface area contributed by atoms with Crippen LogP contribution in [0.25, 0.3) is 5.69 Å². The van der Waals surface area contributed by atoms with Gasteiger partial charge in [0.2, 0.25) is 0 Å². The monoisotopic (exact) mass is 482 g/mol. The summed E-state index contributed by atoms with van der Waals surface area (Å²) in [6.07, 6.45) is -3.39. The van der Waals surface area contributed by atoms with Gasteiger partial charge in [-0.1, -0.05) is 24.3 Å². The summed E-state index contributed by atoms with van der Waals surface area (Å²) in [6.45, 7) is 4.64. The van der Waals surface area contributed by atoms with Gasteiger partial charge in [0, 0.05) is 30.3 Å². The summed E-state index contributed by atoms with van der Waals surface area (Å²) in [7, 11) is 0. The van der Waals surface area contributed by atoms with Gasteiger partial charge in [-0.3, -0.25) is 9.59 Å². The Bertz CT molecular complexity index is 1280. The van der Waals surface area contributed by atoms with Crippen molar-refractivity contribution in [3.8, 4) is 5.69 Å². The summed E-state index contributed by atoms with van der Waals surface area (Å²) in [5.74, 6) is -0.506. The number of carbonyl (C=O) groups is 2. The van der Waals surface area contributed by atoms with Gasteiger partial charge in [0.1, 0.15) is 5.69 Å². The number of carbonyl (C=O) groups excluding carboxylic acids is 2. The molecular formula is C26H25F3N4O2. The number of piperidine rings is 1. The first-order chi connectivity index (χ1) is 16.7. The standard InChI is InChI=1S/C26H25F3N4O2/c1-16-22-17(2)32(25(35)23(22)33(30-16)21-9-4-3-5-10-21)20-11-13-31(14-12-20)24(34)18-7-6-8-19(15-18)26(27,28)29/h3-10,15,17,20H,11-14H2,1-2H3. The number of alkyl halides is 3. The number of amides is 2. The Balaban J connectivity index is 1.32. The second-order valence-electron chi connectivity index (χ2n) is 9.09. The van der Waals surface area contributed by atoms with Crippen LogP contribution in [-0.2, 0) is 6.18 Å². The van der Waals surface area contributed by atoms with Crippen molar-refractivity contribution in [1.82, 2.24) is 19.6 Å². The van der Waals surface area contributed by atoms with Gasteiger partial charge < -0.3 is 9.80 Å². The van der Waals surface area contributed by atoms with Crippen molar-refractivity contribution in [1.29, 1.82) is 0 Å². The van der Waals surface area contributed by atoms with Gasteiger partial charge in [0.25, 0.3) is 11.8 Å². The van der Waals surface area contributed by atoms with Crippen LogP contribution < -0.4 is 0 Å². The lowest BCUT2D eigenvalue weighted by atomic mass is 10.00. The smallest absolute Gasteiger partial charge is 0.338 e. The van der Waals surface area contributed by atoms with Crippen LogP contribution in [0.5, 0.6) is 0 Å². The molecule has 0 radical (unpaired) electrons. The maximum atomic E-state index is 13.6. The number of rotatable bonds is 3. The maximum Gasteiger partial charge on any atom is 0.416 e. The molecule has 2 aliphatic heterocycles. The van der Waals surface area contributed by atoms with Crippen LogP contribution in [0.4, 0.5) is 13.2 Å². The van der Waals surface area contributed by atoms with Crippen LogP contribution in [0.3, 0.4) is 0 Å². The number of aryl methyl sites for hydroxylation is 1. The summed E-state index contributed by atoms with van der Waals surface area (Å²) in [5, 5.41) is 4.61. The van der Waals surface area contributed by atoms with Crippen molar-refractivity contribution in [2.75, 3.05) is 13.1 Å². The molecular weight excluding hydrogens is 457 g/mol. The zero-order valence-electron chi connectivity index (χ0n) is 19.4. The number of para-hydroxylation sites is 1. The van der Waals surface area contributed by atoms with Crippen LogP contribution in [-0.4, -0.2) is 50.5 Å². The summed E-state index contributed by atoms with van der Waals surface area (Å²) in [4.78, 5) is 29.9. The normalized spacial score (nSPS) is 18.8. The van der Waals surface area contributed by atoms with Gasteiger partial charge in [-0.15, -0.1) is 0 Å². The van der Waals surface area contributed by atoms with E-state index in [9.17, 15) is 22.8 Å². The third-order valence-electron chi connectivity index (χ3n) is 6.96. The topological polar surface area (TPSA) is 58.4 Å². The quantitative estimate of drug-likeness (QED) is 0.527. The van der Waals surface area contributed by atoms with E-state index in [-0.39, 0.29) is 23.6 Å².